The third-order valence-electron chi connectivity index (χ3n) is 2.67. The molecular formula is C12H13F4NO3S. The van der Waals surface area contributed by atoms with Gasteiger partial charge in [-0.05, 0) is 26.3 Å². The van der Waals surface area contributed by atoms with Gasteiger partial charge in [0.1, 0.15) is 5.00 Å². The van der Waals surface area contributed by atoms with Crippen LogP contribution in [0.25, 0.3) is 0 Å². The van der Waals surface area contributed by atoms with Crippen molar-refractivity contribution in [2.24, 2.45) is 0 Å². The average molecular weight is 327 g/mol. The molecule has 0 saturated carbocycles. The van der Waals surface area contributed by atoms with Gasteiger partial charge in [0.15, 0.2) is 0 Å². The number of carbonyl (C=O) groups excluding carboxylic acids is 2. The molecule has 0 fully saturated rings. The standard InChI is InChI=1S/C12H13F4NO3S/c1-4-20-9(18)7-5(2)6(3)21-8(7)17-11(19)12(15,16)10(13)14/h10H,4H2,1-3H3,(H,17,19). The summed E-state index contributed by atoms with van der Waals surface area (Å²) in [5, 5.41) is 1.45. The molecule has 1 aromatic rings. The van der Waals surface area contributed by atoms with Crippen molar-refractivity contribution in [3.05, 3.63) is 16.0 Å². The Bertz CT molecular complexity index is 557. The van der Waals surface area contributed by atoms with E-state index >= 15 is 0 Å². The van der Waals surface area contributed by atoms with E-state index in [1.807, 2.05) is 0 Å². The number of esters is 1. The van der Waals surface area contributed by atoms with Crippen LogP contribution in [0, 0.1) is 13.8 Å². The number of halogens is 4. The second-order valence-corrected chi connectivity index (χ2v) is 5.31. The Morgan fingerprint density at radius 1 is 1.33 bits per heavy atom. The molecule has 4 nitrogen and oxygen atoms in total. The molecule has 1 amide bonds. The van der Waals surface area contributed by atoms with Gasteiger partial charge in [-0.3, -0.25) is 4.79 Å². The smallest absolute Gasteiger partial charge is 0.383 e. The van der Waals surface area contributed by atoms with Crippen LogP contribution in [-0.2, 0) is 9.53 Å². The number of ether oxygens (including phenoxy) is 1. The van der Waals surface area contributed by atoms with Gasteiger partial charge in [-0.25, -0.2) is 13.6 Å². The Morgan fingerprint density at radius 3 is 2.38 bits per heavy atom. The molecular weight excluding hydrogens is 314 g/mol. The van der Waals surface area contributed by atoms with Crippen LogP contribution in [0.3, 0.4) is 0 Å². The van der Waals surface area contributed by atoms with Crippen LogP contribution < -0.4 is 5.32 Å². The molecule has 1 N–H and O–H groups in total. The molecule has 1 aromatic heterocycles. The number of nitrogens with one attached hydrogen (secondary N) is 1. The molecule has 9 heteroatoms. The summed E-state index contributed by atoms with van der Waals surface area (Å²) in [7, 11) is 0. The summed E-state index contributed by atoms with van der Waals surface area (Å²) in [4.78, 5) is 23.6. The van der Waals surface area contributed by atoms with Gasteiger partial charge in [-0.1, -0.05) is 0 Å². The van der Waals surface area contributed by atoms with E-state index in [0.717, 1.165) is 11.3 Å². The molecule has 0 aromatic carbocycles. The van der Waals surface area contributed by atoms with Crippen molar-refractivity contribution < 1.29 is 31.9 Å². The van der Waals surface area contributed by atoms with E-state index in [1.165, 1.54) is 0 Å². The molecule has 21 heavy (non-hydrogen) atoms. The van der Waals surface area contributed by atoms with Crippen molar-refractivity contribution in [2.75, 3.05) is 11.9 Å². The normalized spacial score (nSPS) is 11.6. The van der Waals surface area contributed by atoms with Crippen molar-refractivity contribution in [3.8, 4) is 0 Å². The summed E-state index contributed by atoms with van der Waals surface area (Å²) < 4.78 is 54.9. The van der Waals surface area contributed by atoms with E-state index in [-0.39, 0.29) is 17.2 Å². The lowest BCUT2D eigenvalue weighted by Gasteiger charge is -2.14. The maximum Gasteiger partial charge on any atom is 0.383 e. The Labute approximate surface area is 122 Å². The summed E-state index contributed by atoms with van der Waals surface area (Å²) in [5.41, 5.74) is 0.340. The van der Waals surface area contributed by atoms with Crippen molar-refractivity contribution in [1.82, 2.24) is 0 Å². The largest absolute Gasteiger partial charge is 0.462 e. The van der Waals surface area contributed by atoms with Crippen molar-refractivity contribution in [3.63, 3.8) is 0 Å². The highest BCUT2D eigenvalue weighted by Crippen LogP contribution is 2.34. The molecule has 118 valence electrons. The van der Waals surface area contributed by atoms with Crippen molar-refractivity contribution in [2.45, 2.75) is 33.1 Å². The lowest BCUT2D eigenvalue weighted by Crippen LogP contribution is -2.41. The highest BCUT2D eigenvalue weighted by Gasteiger charge is 2.49. The number of alkyl halides is 4. The first-order chi connectivity index (χ1) is 9.62. The van der Waals surface area contributed by atoms with Crippen molar-refractivity contribution in [1.29, 1.82) is 0 Å². The molecule has 0 aliphatic carbocycles. The van der Waals surface area contributed by atoms with E-state index in [9.17, 15) is 27.2 Å². The molecule has 0 spiro atoms. The number of thiophene rings is 1. The molecule has 1 heterocycles. The summed E-state index contributed by atoms with van der Waals surface area (Å²) in [5.74, 6) is -7.81. The maximum absolute atomic E-state index is 12.9. The maximum atomic E-state index is 12.9. The minimum absolute atomic E-state index is 0.0494. The number of hydrogen-bond acceptors (Lipinski definition) is 4. The van der Waals surface area contributed by atoms with Gasteiger partial charge in [-0.2, -0.15) is 8.78 Å². The fourth-order valence-corrected chi connectivity index (χ4v) is 2.49. The van der Waals surface area contributed by atoms with Crippen LogP contribution in [0.5, 0.6) is 0 Å². The monoisotopic (exact) mass is 327 g/mol. The van der Waals surface area contributed by atoms with Crippen LogP contribution in [0.1, 0.15) is 27.7 Å². The highest BCUT2D eigenvalue weighted by atomic mass is 32.1. The topological polar surface area (TPSA) is 55.4 Å². The zero-order valence-electron chi connectivity index (χ0n) is 11.4. The molecule has 0 atom stereocenters. The second-order valence-electron chi connectivity index (χ2n) is 4.09. The number of anilines is 1. The van der Waals surface area contributed by atoms with Crippen LogP contribution in [-0.4, -0.2) is 30.8 Å². The van der Waals surface area contributed by atoms with Gasteiger partial charge in [0.2, 0.25) is 0 Å². The van der Waals surface area contributed by atoms with Gasteiger partial charge in [-0.15, -0.1) is 11.3 Å². The summed E-state index contributed by atoms with van der Waals surface area (Å²) in [6.07, 6.45) is -4.13. The van der Waals surface area contributed by atoms with Crippen LogP contribution in [0.2, 0.25) is 0 Å². The van der Waals surface area contributed by atoms with E-state index in [1.54, 1.807) is 26.1 Å². The molecule has 0 bridgehead atoms. The molecule has 0 radical (unpaired) electrons. The van der Waals surface area contributed by atoms with Crippen molar-refractivity contribution >= 4 is 28.2 Å². The van der Waals surface area contributed by atoms with Gasteiger partial charge < -0.3 is 10.1 Å². The van der Waals surface area contributed by atoms with E-state index in [4.69, 9.17) is 4.74 Å². The van der Waals surface area contributed by atoms with Gasteiger partial charge in [0.05, 0.1) is 12.2 Å². The third kappa shape index (κ3) is 3.52. The Morgan fingerprint density at radius 2 is 1.90 bits per heavy atom. The first-order valence-corrected chi connectivity index (χ1v) is 6.69. The number of hydrogen-bond donors (Lipinski definition) is 1. The van der Waals surface area contributed by atoms with Gasteiger partial charge >= 0.3 is 24.2 Å². The molecule has 0 unspecified atom stereocenters. The van der Waals surface area contributed by atoms with Gasteiger partial charge in [0, 0.05) is 4.88 Å². The van der Waals surface area contributed by atoms with Crippen LogP contribution in [0.4, 0.5) is 22.6 Å². The SMILES string of the molecule is CCOC(=O)c1c(NC(=O)C(F)(F)C(F)F)sc(C)c1C. The number of rotatable bonds is 5. The van der Waals surface area contributed by atoms with E-state index in [2.05, 4.69) is 0 Å². The number of aryl methyl sites for hydroxylation is 1. The fourth-order valence-electron chi connectivity index (χ4n) is 1.45. The quantitative estimate of drug-likeness (QED) is 0.666. The number of carbonyl (C=O) groups is 2. The lowest BCUT2D eigenvalue weighted by atomic mass is 10.1. The number of amides is 1. The Hall–Kier alpha value is -1.64. The zero-order valence-corrected chi connectivity index (χ0v) is 12.2. The van der Waals surface area contributed by atoms with Crippen LogP contribution in [0.15, 0.2) is 0 Å². The first kappa shape index (κ1) is 17.4. The molecule has 1 rings (SSSR count). The molecule has 0 saturated heterocycles. The fraction of sp³-hybridized carbons (Fsp3) is 0.500. The van der Waals surface area contributed by atoms with E-state index < -0.39 is 24.2 Å². The van der Waals surface area contributed by atoms with Crippen LogP contribution >= 0.6 is 11.3 Å². The minimum atomic E-state index is -4.84. The Balaban J connectivity index is 3.12. The molecule has 0 aliphatic rings. The second kappa shape index (κ2) is 6.42. The predicted octanol–water partition coefficient (Wildman–Crippen LogP) is 3.38. The third-order valence-corrected chi connectivity index (χ3v) is 3.79. The highest BCUT2D eigenvalue weighted by molar-refractivity contribution is 7.16. The zero-order chi connectivity index (χ0) is 16.4. The predicted molar refractivity (Wildman–Crippen MR) is 69.3 cm³/mol. The summed E-state index contributed by atoms with van der Waals surface area (Å²) >= 11 is 0.840. The average Bonchev–Trinajstić information content (AvgIpc) is 2.64. The van der Waals surface area contributed by atoms with Gasteiger partial charge in [0.25, 0.3) is 0 Å². The summed E-state index contributed by atoms with van der Waals surface area (Å²) in [6.45, 7) is 4.74. The Kier molecular flexibility index (Phi) is 5.32. The molecule has 0 aliphatic heterocycles. The minimum Gasteiger partial charge on any atom is -0.462 e. The summed E-state index contributed by atoms with van der Waals surface area (Å²) in [6, 6.07) is 0. The first-order valence-electron chi connectivity index (χ1n) is 5.87. The lowest BCUT2D eigenvalue weighted by molar-refractivity contribution is -0.163. The van der Waals surface area contributed by atoms with E-state index in [0.29, 0.717) is 10.4 Å².